The third-order valence-corrected chi connectivity index (χ3v) is 6.29. The first kappa shape index (κ1) is 15.0. The van der Waals surface area contributed by atoms with Crippen molar-refractivity contribution in [2.24, 2.45) is 0 Å². The second kappa shape index (κ2) is 5.88. The summed E-state index contributed by atoms with van der Waals surface area (Å²) < 4.78 is 1.39. The molecule has 4 aromatic heterocycles. The highest BCUT2D eigenvalue weighted by Crippen LogP contribution is 2.38. The van der Waals surface area contributed by atoms with Crippen LogP contribution in [-0.2, 0) is 12.8 Å². The fraction of sp³-hybridized carbons (Fsp3) is 0.333. The third-order valence-electron chi connectivity index (χ3n) is 4.31. The van der Waals surface area contributed by atoms with Crippen molar-refractivity contribution in [3.63, 3.8) is 0 Å². The molecule has 0 saturated carbocycles. The Morgan fingerprint density at radius 2 is 2.04 bits per heavy atom. The van der Waals surface area contributed by atoms with Crippen molar-refractivity contribution >= 4 is 44.8 Å². The molecule has 0 saturated heterocycles. The molecule has 126 valence electrons. The average Bonchev–Trinajstić information content (AvgIpc) is 3.13. The monoisotopic (exact) mass is 370 g/mol. The van der Waals surface area contributed by atoms with Gasteiger partial charge in [0.15, 0.2) is 10.8 Å². The highest BCUT2D eigenvalue weighted by Gasteiger charge is 2.19. The van der Waals surface area contributed by atoms with Crippen molar-refractivity contribution in [2.45, 2.75) is 42.3 Å². The molecule has 0 atom stereocenters. The number of hydrogen-bond acceptors (Lipinski definition) is 9. The number of aromatic nitrogens is 7. The van der Waals surface area contributed by atoms with Gasteiger partial charge in [-0.05, 0) is 65.6 Å². The van der Waals surface area contributed by atoms with E-state index in [1.54, 1.807) is 11.3 Å². The number of aryl methyl sites for hydroxylation is 2. The Morgan fingerprint density at radius 3 is 3.00 bits per heavy atom. The van der Waals surface area contributed by atoms with E-state index in [0.29, 0.717) is 16.6 Å². The maximum Gasteiger partial charge on any atom is 0.200 e. The Kier molecular flexibility index (Phi) is 3.52. The number of nitrogens with zero attached hydrogens (tertiary/aromatic N) is 7. The molecule has 4 heterocycles. The molecule has 1 aliphatic carbocycles. The van der Waals surface area contributed by atoms with Crippen LogP contribution in [0.15, 0.2) is 22.3 Å². The minimum Gasteiger partial charge on any atom is -0.383 e. The van der Waals surface area contributed by atoms with E-state index in [1.165, 1.54) is 46.1 Å². The summed E-state index contributed by atoms with van der Waals surface area (Å²) in [5.41, 5.74) is 8.25. The van der Waals surface area contributed by atoms with Crippen molar-refractivity contribution in [1.82, 2.24) is 35.2 Å². The zero-order valence-electron chi connectivity index (χ0n) is 13.2. The van der Waals surface area contributed by atoms with E-state index < -0.39 is 0 Å². The first-order valence-electron chi connectivity index (χ1n) is 8.09. The van der Waals surface area contributed by atoms with Gasteiger partial charge in [-0.25, -0.2) is 9.97 Å². The SMILES string of the molecule is Nc1nc(Sc2ccc3nnnn3n2)nc2sc3c(c12)CCCCC3. The van der Waals surface area contributed by atoms with Crippen molar-refractivity contribution in [3.05, 3.63) is 22.6 Å². The normalized spacial score (nSPS) is 14.7. The number of nitrogens with two attached hydrogens (primary N) is 1. The molecule has 0 fully saturated rings. The van der Waals surface area contributed by atoms with Gasteiger partial charge in [0, 0.05) is 4.88 Å². The topological polar surface area (TPSA) is 108 Å². The maximum atomic E-state index is 6.29. The predicted molar refractivity (Wildman–Crippen MR) is 95.8 cm³/mol. The molecular weight excluding hydrogens is 356 g/mol. The molecule has 10 heteroatoms. The van der Waals surface area contributed by atoms with Gasteiger partial charge < -0.3 is 5.73 Å². The Hall–Kier alpha value is -2.33. The summed E-state index contributed by atoms with van der Waals surface area (Å²) in [6, 6.07) is 3.66. The molecule has 0 bridgehead atoms. The van der Waals surface area contributed by atoms with Gasteiger partial charge in [0.1, 0.15) is 15.7 Å². The van der Waals surface area contributed by atoms with Gasteiger partial charge in [0.2, 0.25) is 0 Å². The Labute approximate surface area is 150 Å². The van der Waals surface area contributed by atoms with E-state index in [-0.39, 0.29) is 0 Å². The van der Waals surface area contributed by atoms with Crippen LogP contribution in [0.4, 0.5) is 5.82 Å². The van der Waals surface area contributed by atoms with Gasteiger partial charge in [-0.3, -0.25) is 0 Å². The second-order valence-electron chi connectivity index (χ2n) is 5.94. The highest BCUT2D eigenvalue weighted by molar-refractivity contribution is 7.99. The zero-order valence-corrected chi connectivity index (χ0v) is 14.8. The van der Waals surface area contributed by atoms with E-state index in [4.69, 9.17) is 10.7 Å². The largest absolute Gasteiger partial charge is 0.383 e. The highest BCUT2D eigenvalue weighted by atomic mass is 32.2. The molecule has 5 rings (SSSR count). The summed E-state index contributed by atoms with van der Waals surface area (Å²) >= 11 is 3.12. The predicted octanol–water partition coefficient (Wildman–Crippen LogP) is 2.53. The standard InChI is InChI=1S/C15H14N8S2/c16-13-12-8-4-2-1-3-5-9(8)24-14(12)18-15(17-13)25-11-7-6-10-19-21-22-23(10)20-11/h6-7H,1-5H2,(H2,16,17,18). The van der Waals surface area contributed by atoms with Crippen LogP contribution < -0.4 is 5.73 Å². The van der Waals surface area contributed by atoms with Crippen LogP contribution in [-0.4, -0.2) is 35.2 Å². The van der Waals surface area contributed by atoms with Crippen LogP contribution in [0, 0.1) is 0 Å². The Bertz CT molecular complexity index is 1090. The fourth-order valence-corrected chi connectivity index (χ4v) is 5.22. The summed E-state index contributed by atoms with van der Waals surface area (Å²) in [6.07, 6.45) is 5.93. The zero-order chi connectivity index (χ0) is 16.8. The molecule has 8 nitrogen and oxygen atoms in total. The summed E-state index contributed by atoms with van der Waals surface area (Å²) in [7, 11) is 0. The quantitative estimate of drug-likeness (QED) is 0.424. The minimum atomic E-state index is 0.565. The van der Waals surface area contributed by atoms with Gasteiger partial charge in [-0.15, -0.1) is 26.2 Å². The van der Waals surface area contributed by atoms with E-state index in [9.17, 15) is 0 Å². The lowest BCUT2D eigenvalue weighted by atomic mass is 10.1. The summed E-state index contributed by atoms with van der Waals surface area (Å²) in [6.45, 7) is 0. The van der Waals surface area contributed by atoms with Gasteiger partial charge >= 0.3 is 0 Å². The van der Waals surface area contributed by atoms with Gasteiger partial charge in [-0.2, -0.15) is 0 Å². The lowest BCUT2D eigenvalue weighted by Gasteiger charge is -2.04. The molecule has 4 aromatic rings. The van der Waals surface area contributed by atoms with Crippen LogP contribution in [0.25, 0.3) is 15.9 Å². The third kappa shape index (κ3) is 2.61. The smallest absolute Gasteiger partial charge is 0.200 e. The lowest BCUT2D eigenvalue weighted by molar-refractivity contribution is 0.702. The van der Waals surface area contributed by atoms with E-state index in [1.807, 2.05) is 12.1 Å². The molecule has 0 radical (unpaired) electrons. The molecule has 0 aromatic carbocycles. The number of hydrogen-bond donors (Lipinski definition) is 1. The van der Waals surface area contributed by atoms with Crippen LogP contribution in [0.3, 0.4) is 0 Å². The van der Waals surface area contributed by atoms with Crippen LogP contribution >= 0.6 is 23.1 Å². The number of nitrogen functional groups attached to an aromatic ring is 1. The number of anilines is 1. The molecule has 0 unspecified atom stereocenters. The fourth-order valence-electron chi connectivity index (χ4n) is 3.17. The van der Waals surface area contributed by atoms with Crippen molar-refractivity contribution in [3.8, 4) is 0 Å². The summed E-state index contributed by atoms with van der Waals surface area (Å²) in [5, 5.41) is 18.0. The molecule has 2 N–H and O–H groups in total. The van der Waals surface area contributed by atoms with Crippen molar-refractivity contribution < 1.29 is 0 Å². The van der Waals surface area contributed by atoms with E-state index >= 15 is 0 Å². The van der Waals surface area contributed by atoms with Gasteiger partial charge in [0.05, 0.1) is 5.39 Å². The molecule has 25 heavy (non-hydrogen) atoms. The minimum absolute atomic E-state index is 0.565. The number of thiophene rings is 1. The molecule has 0 aliphatic heterocycles. The van der Waals surface area contributed by atoms with Crippen molar-refractivity contribution in [1.29, 1.82) is 0 Å². The molecule has 0 spiro atoms. The first-order valence-corrected chi connectivity index (χ1v) is 9.72. The van der Waals surface area contributed by atoms with E-state index in [0.717, 1.165) is 28.1 Å². The molecule has 0 amide bonds. The summed E-state index contributed by atoms with van der Waals surface area (Å²) in [5.74, 6) is 0.565. The molecular formula is C15H14N8S2. The summed E-state index contributed by atoms with van der Waals surface area (Å²) in [4.78, 5) is 11.6. The molecule has 1 aliphatic rings. The van der Waals surface area contributed by atoms with E-state index in [2.05, 4.69) is 25.6 Å². The van der Waals surface area contributed by atoms with Gasteiger partial charge in [0.25, 0.3) is 0 Å². The average molecular weight is 370 g/mol. The van der Waals surface area contributed by atoms with Crippen LogP contribution in [0.1, 0.15) is 29.7 Å². The van der Waals surface area contributed by atoms with Crippen molar-refractivity contribution in [2.75, 3.05) is 5.73 Å². The maximum absolute atomic E-state index is 6.29. The van der Waals surface area contributed by atoms with Gasteiger partial charge in [-0.1, -0.05) is 6.42 Å². The second-order valence-corrected chi connectivity index (χ2v) is 8.01. The number of rotatable bonds is 2. The van der Waals surface area contributed by atoms with Crippen LogP contribution in [0.2, 0.25) is 0 Å². The Morgan fingerprint density at radius 1 is 1.12 bits per heavy atom. The number of fused-ring (bicyclic) bond motifs is 4. The number of tetrazole rings is 1. The Balaban J connectivity index is 1.55. The first-order chi connectivity index (χ1) is 12.3. The van der Waals surface area contributed by atoms with Crippen LogP contribution in [0.5, 0.6) is 0 Å². The lowest BCUT2D eigenvalue weighted by Crippen LogP contribution is -1.99.